The van der Waals surface area contributed by atoms with E-state index in [1.54, 1.807) is 18.2 Å². The molecule has 2 heterocycles. The molecule has 8 nitrogen and oxygen atoms in total. The quantitative estimate of drug-likeness (QED) is 0.464. The lowest BCUT2D eigenvalue weighted by Crippen LogP contribution is -2.60. The van der Waals surface area contributed by atoms with E-state index in [4.69, 9.17) is 0 Å². The molecule has 0 bridgehead atoms. The maximum Gasteiger partial charge on any atom is 0.406 e. The minimum atomic E-state index is -4.80. The number of hydrogen-bond acceptors (Lipinski definition) is 5. The lowest BCUT2D eigenvalue weighted by molar-refractivity contribution is -0.384. The molecule has 0 saturated carbocycles. The predicted octanol–water partition coefficient (Wildman–Crippen LogP) is 3.83. The van der Waals surface area contributed by atoms with Crippen LogP contribution in [0.3, 0.4) is 0 Å². The number of nitrogens with zero attached hydrogens (tertiary/aromatic N) is 3. The van der Waals surface area contributed by atoms with E-state index in [9.17, 15) is 31.7 Å². The third-order valence-corrected chi connectivity index (χ3v) is 7.39. The van der Waals surface area contributed by atoms with Gasteiger partial charge in [0.25, 0.3) is 5.69 Å². The Morgan fingerprint density at radius 1 is 1.09 bits per heavy atom. The van der Waals surface area contributed by atoms with Crippen LogP contribution in [0.25, 0.3) is 10.9 Å². The predicted molar refractivity (Wildman–Crippen MR) is 112 cm³/mol. The van der Waals surface area contributed by atoms with Crippen molar-refractivity contribution in [3.05, 3.63) is 64.3 Å². The Balaban J connectivity index is 1.64. The number of nitro groups is 1. The molecule has 32 heavy (non-hydrogen) atoms. The van der Waals surface area contributed by atoms with Crippen LogP contribution in [0, 0.1) is 17.0 Å². The van der Waals surface area contributed by atoms with Gasteiger partial charge in [-0.15, -0.1) is 0 Å². The molecule has 3 aromatic rings. The van der Waals surface area contributed by atoms with Crippen LogP contribution < -0.4 is 4.90 Å². The number of rotatable bonds is 4. The average molecular weight is 468 g/mol. The molecular weight excluding hydrogens is 449 g/mol. The molecule has 0 radical (unpaired) electrons. The number of nitrogens with one attached hydrogen (secondary N) is 1. The summed E-state index contributed by atoms with van der Waals surface area (Å²) in [4.78, 5) is 14.3. The standard InChI is InChI=1S/C20H19F3N4O4S/c1-13-10-14-11-16(4-7-18(14)24-13)25-8-9-26(19(12-25)20(21,22)23)32(30,31)17-5-2-15(3-6-17)27(28)29/h2-7,10-11,19,24H,8-9,12H2,1H3. The van der Waals surface area contributed by atoms with Crippen molar-refractivity contribution in [2.75, 3.05) is 24.5 Å². The minimum Gasteiger partial charge on any atom is -0.368 e. The Hall–Kier alpha value is -3.12. The second-order valence-corrected chi connectivity index (χ2v) is 9.48. The summed E-state index contributed by atoms with van der Waals surface area (Å²) in [5, 5.41) is 11.6. The van der Waals surface area contributed by atoms with Crippen LogP contribution in [0.2, 0.25) is 0 Å². The highest BCUT2D eigenvalue weighted by atomic mass is 32.2. The lowest BCUT2D eigenvalue weighted by atomic mass is 10.1. The summed E-state index contributed by atoms with van der Waals surface area (Å²) in [6.07, 6.45) is -4.80. The summed E-state index contributed by atoms with van der Waals surface area (Å²) < 4.78 is 68.2. The van der Waals surface area contributed by atoms with E-state index >= 15 is 0 Å². The number of hydrogen-bond donors (Lipinski definition) is 1. The molecule has 2 aromatic carbocycles. The molecule has 1 N–H and O–H groups in total. The molecule has 1 aromatic heterocycles. The van der Waals surface area contributed by atoms with Gasteiger partial charge in [0.2, 0.25) is 10.0 Å². The number of aryl methyl sites for hydroxylation is 1. The van der Waals surface area contributed by atoms with Gasteiger partial charge in [0.05, 0.1) is 9.82 Å². The van der Waals surface area contributed by atoms with Crippen molar-refractivity contribution in [3.8, 4) is 0 Å². The van der Waals surface area contributed by atoms with Crippen LogP contribution in [-0.4, -0.2) is 54.5 Å². The van der Waals surface area contributed by atoms with E-state index in [2.05, 4.69) is 4.98 Å². The number of H-pyrrole nitrogens is 1. The first-order valence-electron chi connectivity index (χ1n) is 9.64. The molecule has 0 amide bonds. The molecule has 170 valence electrons. The van der Waals surface area contributed by atoms with Crippen molar-refractivity contribution >= 4 is 32.3 Å². The van der Waals surface area contributed by atoms with Gasteiger partial charge in [0.15, 0.2) is 0 Å². The second kappa shape index (κ2) is 7.78. The summed E-state index contributed by atoms with van der Waals surface area (Å²) in [6, 6.07) is 8.69. The van der Waals surface area contributed by atoms with Crippen LogP contribution in [0.5, 0.6) is 0 Å². The normalized spacial score (nSPS) is 18.2. The molecule has 12 heteroatoms. The molecule has 1 aliphatic heterocycles. The third kappa shape index (κ3) is 4.02. The zero-order valence-corrected chi connectivity index (χ0v) is 17.7. The zero-order valence-electron chi connectivity index (χ0n) is 16.8. The number of aromatic amines is 1. The second-order valence-electron chi connectivity index (χ2n) is 7.59. The number of piperazine rings is 1. The topological polar surface area (TPSA) is 99.6 Å². The molecule has 1 aliphatic rings. The van der Waals surface area contributed by atoms with Crippen molar-refractivity contribution in [1.29, 1.82) is 0 Å². The van der Waals surface area contributed by atoms with Gasteiger partial charge in [-0.2, -0.15) is 17.5 Å². The van der Waals surface area contributed by atoms with Gasteiger partial charge in [0, 0.05) is 54.1 Å². The number of anilines is 1. The molecule has 0 aliphatic carbocycles. The van der Waals surface area contributed by atoms with Gasteiger partial charge < -0.3 is 9.88 Å². The minimum absolute atomic E-state index is 0.0632. The van der Waals surface area contributed by atoms with Gasteiger partial charge >= 0.3 is 6.18 Å². The van der Waals surface area contributed by atoms with Crippen LogP contribution >= 0.6 is 0 Å². The number of alkyl halides is 3. The molecule has 1 atom stereocenters. The SMILES string of the molecule is Cc1cc2cc(N3CCN(S(=O)(=O)c4ccc([N+](=O)[O-])cc4)C(C(F)(F)F)C3)ccc2[nH]1. The van der Waals surface area contributed by atoms with E-state index in [1.807, 2.05) is 13.0 Å². The number of non-ortho nitro benzene ring substituents is 1. The van der Waals surface area contributed by atoms with Crippen LogP contribution in [0.1, 0.15) is 5.69 Å². The largest absolute Gasteiger partial charge is 0.406 e. The van der Waals surface area contributed by atoms with E-state index < -0.39 is 38.6 Å². The van der Waals surface area contributed by atoms with Crippen LogP contribution in [-0.2, 0) is 10.0 Å². The first-order valence-corrected chi connectivity index (χ1v) is 11.1. The Kier molecular flexibility index (Phi) is 5.37. The number of benzene rings is 2. The molecule has 0 spiro atoms. The summed E-state index contributed by atoms with van der Waals surface area (Å²) >= 11 is 0. The summed E-state index contributed by atoms with van der Waals surface area (Å²) in [5.41, 5.74) is 2.00. The summed E-state index contributed by atoms with van der Waals surface area (Å²) in [6.45, 7) is 0.993. The third-order valence-electron chi connectivity index (χ3n) is 5.47. The van der Waals surface area contributed by atoms with Gasteiger partial charge in [-0.05, 0) is 43.3 Å². The smallest absolute Gasteiger partial charge is 0.368 e. The monoisotopic (exact) mass is 468 g/mol. The Labute approximate surface area is 181 Å². The van der Waals surface area contributed by atoms with Crippen LogP contribution in [0.15, 0.2) is 53.4 Å². The summed E-state index contributed by atoms with van der Waals surface area (Å²) in [5.74, 6) is 0. The molecule has 4 rings (SSSR count). The number of sulfonamides is 1. The fourth-order valence-electron chi connectivity index (χ4n) is 3.89. The number of aromatic nitrogens is 1. The van der Waals surface area contributed by atoms with Crippen molar-refractivity contribution in [2.45, 2.75) is 24.0 Å². The molecule has 1 saturated heterocycles. The van der Waals surface area contributed by atoms with E-state index in [0.29, 0.717) is 9.99 Å². The fraction of sp³-hybridized carbons (Fsp3) is 0.300. The highest BCUT2D eigenvalue weighted by Gasteiger charge is 2.51. The number of fused-ring (bicyclic) bond motifs is 1. The van der Waals surface area contributed by atoms with Crippen molar-refractivity contribution in [2.24, 2.45) is 0 Å². The molecule has 1 unspecified atom stereocenters. The Bertz CT molecular complexity index is 1270. The van der Waals surface area contributed by atoms with E-state index in [-0.39, 0.29) is 18.8 Å². The number of nitro benzene ring substituents is 1. The zero-order chi connectivity index (χ0) is 23.3. The van der Waals surface area contributed by atoms with Crippen molar-refractivity contribution in [1.82, 2.24) is 9.29 Å². The number of halogens is 3. The molecule has 1 fully saturated rings. The first-order chi connectivity index (χ1) is 15.0. The Morgan fingerprint density at radius 2 is 1.78 bits per heavy atom. The van der Waals surface area contributed by atoms with E-state index in [0.717, 1.165) is 40.9 Å². The van der Waals surface area contributed by atoms with Crippen molar-refractivity contribution in [3.63, 3.8) is 0 Å². The van der Waals surface area contributed by atoms with Gasteiger partial charge in [-0.3, -0.25) is 10.1 Å². The fourth-order valence-corrected chi connectivity index (χ4v) is 5.49. The maximum absolute atomic E-state index is 13.9. The van der Waals surface area contributed by atoms with Gasteiger partial charge in [-0.25, -0.2) is 8.42 Å². The highest BCUT2D eigenvalue weighted by molar-refractivity contribution is 7.89. The van der Waals surface area contributed by atoms with Gasteiger partial charge in [-0.1, -0.05) is 0 Å². The van der Waals surface area contributed by atoms with Gasteiger partial charge in [0.1, 0.15) is 6.04 Å². The highest BCUT2D eigenvalue weighted by Crippen LogP contribution is 2.34. The lowest BCUT2D eigenvalue weighted by Gasteiger charge is -2.42. The molecular formula is C20H19F3N4O4S. The van der Waals surface area contributed by atoms with E-state index in [1.165, 1.54) is 4.90 Å². The Morgan fingerprint density at radius 3 is 2.41 bits per heavy atom. The van der Waals surface area contributed by atoms with Crippen molar-refractivity contribution < 1.29 is 26.5 Å². The summed E-state index contributed by atoms with van der Waals surface area (Å²) in [7, 11) is -4.51. The van der Waals surface area contributed by atoms with Crippen LogP contribution in [0.4, 0.5) is 24.5 Å². The first kappa shape index (κ1) is 22.1. The maximum atomic E-state index is 13.9. The average Bonchev–Trinajstić information content (AvgIpc) is 3.12.